The van der Waals surface area contributed by atoms with Gasteiger partial charge in [0.25, 0.3) is 0 Å². The van der Waals surface area contributed by atoms with Crippen molar-refractivity contribution in [3.63, 3.8) is 0 Å². The summed E-state index contributed by atoms with van der Waals surface area (Å²) >= 11 is 0. The Balaban J connectivity index is 0.00000338. The zero-order chi connectivity index (χ0) is 18.2. The van der Waals surface area contributed by atoms with E-state index in [2.05, 4.69) is 54.3 Å². The van der Waals surface area contributed by atoms with E-state index in [-0.39, 0.29) is 24.0 Å². The van der Waals surface area contributed by atoms with Gasteiger partial charge in [0.1, 0.15) is 5.75 Å². The number of rotatable bonds is 7. The first kappa shape index (κ1) is 22.2. The Hall–Kier alpha value is -1.80. The van der Waals surface area contributed by atoms with Gasteiger partial charge in [-0.3, -0.25) is 4.90 Å². The molecule has 0 aliphatic heterocycles. The van der Waals surface area contributed by atoms with Crippen LogP contribution < -0.4 is 15.8 Å². The van der Waals surface area contributed by atoms with Crippen molar-refractivity contribution in [1.82, 2.24) is 4.90 Å². The van der Waals surface area contributed by atoms with Crippen molar-refractivity contribution in [3.05, 3.63) is 59.7 Å². The van der Waals surface area contributed by atoms with Crippen molar-refractivity contribution >= 4 is 35.6 Å². The molecule has 142 valence electrons. The van der Waals surface area contributed by atoms with Gasteiger partial charge in [0.15, 0.2) is 5.96 Å². The standard InChI is InChI=1S/C20H28N4O.HI/c1-15(2)24(3)14-17-8-6-5-7-16(17)13-22-20(21)23-18-9-11-19(25-4)12-10-18;/h5-12,15H,13-14H2,1-4H3,(H3,21,22,23);1H. The molecule has 0 unspecified atom stereocenters. The predicted molar refractivity (Wildman–Crippen MR) is 120 cm³/mol. The minimum atomic E-state index is 0. The predicted octanol–water partition coefficient (Wildman–Crippen LogP) is 4.08. The molecule has 2 rings (SSSR count). The Morgan fingerprint density at radius 1 is 1.12 bits per heavy atom. The van der Waals surface area contributed by atoms with Gasteiger partial charge in [-0.25, -0.2) is 4.99 Å². The van der Waals surface area contributed by atoms with Gasteiger partial charge < -0.3 is 15.8 Å². The Labute approximate surface area is 173 Å². The van der Waals surface area contributed by atoms with E-state index in [9.17, 15) is 0 Å². The van der Waals surface area contributed by atoms with Crippen LogP contribution in [-0.2, 0) is 13.1 Å². The lowest BCUT2D eigenvalue weighted by Gasteiger charge is -2.22. The average Bonchev–Trinajstić information content (AvgIpc) is 2.61. The van der Waals surface area contributed by atoms with Crippen LogP contribution in [-0.4, -0.2) is 31.1 Å². The van der Waals surface area contributed by atoms with Crippen molar-refractivity contribution in [2.75, 3.05) is 19.5 Å². The monoisotopic (exact) mass is 468 g/mol. The van der Waals surface area contributed by atoms with Crippen molar-refractivity contribution in [3.8, 4) is 5.75 Å². The minimum absolute atomic E-state index is 0. The molecule has 0 heterocycles. The van der Waals surface area contributed by atoms with Gasteiger partial charge in [-0.1, -0.05) is 24.3 Å². The number of hydrogen-bond acceptors (Lipinski definition) is 3. The molecule has 2 aromatic carbocycles. The van der Waals surface area contributed by atoms with E-state index in [1.165, 1.54) is 11.1 Å². The largest absolute Gasteiger partial charge is 0.497 e. The summed E-state index contributed by atoms with van der Waals surface area (Å²) in [6.45, 7) is 5.83. The molecule has 2 aromatic rings. The molecule has 0 saturated carbocycles. The van der Waals surface area contributed by atoms with E-state index < -0.39 is 0 Å². The van der Waals surface area contributed by atoms with Crippen LogP contribution in [0, 0.1) is 0 Å². The molecule has 0 fully saturated rings. The third-order valence-corrected chi connectivity index (χ3v) is 4.20. The lowest BCUT2D eigenvalue weighted by atomic mass is 10.1. The summed E-state index contributed by atoms with van der Waals surface area (Å²) in [6.07, 6.45) is 0. The van der Waals surface area contributed by atoms with Crippen molar-refractivity contribution in [1.29, 1.82) is 0 Å². The van der Waals surface area contributed by atoms with E-state index in [1.807, 2.05) is 30.3 Å². The summed E-state index contributed by atoms with van der Waals surface area (Å²) < 4.78 is 5.15. The molecule has 0 aliphatic carbocycles. The van der Waals surface area contributed by atoms with Gasteiger partial charge >= 0.3 is 0 Å². The number of ether oxygens (including phenoxy) is 1. The van der Waals surface area contributed by atoms with E-state index >= 15 is 0 Å². The average molecular weight is 468 g/mol. The Kier molecular flexibility index (Phi) is 9.43. The van der Waals surface area contributed by atoms with Crippen LogP contribution in [0.2, 0.25) is 0 Å². The molecule has 0 bridgehead atoms. The molecule has 0 spiro atoms. The van der Waals surface area contributed by atoms with Gasteiger partial charge in [0.2, 0.25) is 0 Å². The number of methoxy groups -OCH3 is 1. The highest BCUT2D eigenvalue weighted by Gasteiger charge is 2.08. The summed E-state index contributed by atoms with van der Waals surface area (Å²) in [5.41, 5.74) is 9.37. The van der Waals surface area contributed by atoms with Gasteiger partial charge in [-0.05, 0) is 56.3 Å². The van der Waals surface area contributed by atoms with Crippen LogP contribution in [0.4, 0.5) is 5.69 Å². The fraction of sp³-hybridized carbons (Fsp3) is 0.350. The summed E-state index contributed by atoms with van der Waals surface area (Å²) in [6, 6.07) is 16.4. The van der Waals surface area contributed by atoms with Crippen LogP contribution in [0.3, 0.4) is 0 Å². The van der Waals surface area contributed by atoms with E-state index in [0.29, 0.717) is 18.5 Å². The number of aliphatic imine (C=N–C) groups is 1. The maximum absolute atomic E-state index is 6.02. The summed E-state index contributed by atoms with van der Waals surface area (Å²) in [5, 5.41) is 3.10. The lowest BCUT2D eigenvalue weighted by Crippen LogP contribution is -2.26. The first-order valence-corrected chi connectivity index (χ1v) is 8.47. The highest BCUT2D eigenvalue weighted by molar-refractivity contribution is 14.0. The highest BCUT2D eigenvalue weighted by Crippen LogP contribution is 2.16. The van der Waals surface area contributed by atoms with Crippen molar-refractivity contribution in [2.24, 2.45) is 10.7 Å². The van der Waals surface area contributed by atoms with Crippen LogP contribution in [0.5, 0.6) is 5.75 Å². The molecular weight excluding hydrogens is 439 g/mol. The molecule has 0 saturated heterocycles. The first-order chi connectivity index (χ1) is 12.0. The lowest BCUT2D eigenvalue weighted by molar-refractivity contribution is 0.265. The van der Waals surface area contributed by atoms with E-state index in [0.717, 1.165) is 18.0 Å². The maximum Gasteiger partial charge on any atom is 0.193 e. The van der Waals surface area contributed by atoms with E-state index in [1.54, 1.807) is 7.11 Å². The number of nitrogens with zero attached hydrogens (tertiary/aromatic N) is 2. The number of guanidine groups is 1. The second kappa shape index (κ2) is 11.0. The van der Waals surface area contributed by atoms with Crippen LogP contribution in [0.25, 0.3) is 0 Å². The second-order valence-corrected chi connectivity index (χ2v) is 6.33. The topological polar surface area (TPSA) is 62.9 Å². The minimum Gasteiger partial charge on any atom is -0.497 e. The number of hydrogen-bond donors (Lipinski definition) is 2. The van der Waals surface area contributed by atoms with Crippen LogP contribution >= 0.6 is 24.0 Å². The third kappa shape index (κ3) is 6.84. The van der Waals surface area contributed by atoms with Crippen LogP contribution in [0.1, 0.15) is 25.0 Å². The number of halogens is 1. The van der Waals surface area contributed by atoms with Gasteiger partial charge in [0.05, 0.1) is 13.7 Å². The number of anilines is 1. The Bertz CT molecular complexity index is 701. The molecule has 3 N–H and O–H groups in total. The molecule has 0 radical (unpaired) electrons. The molecule has 0 aliphatic rings. The van der Waals surface area contributed by atoms with Crippen molar-refractivity contribution < 1.29 is 4.74 Å². The van der Waals surface area contributed by atoms with Gasteiger partial charge in [-0.15, -0.1) is 24.0 Å². The number of benzene rings is 2. The normalized spacial score (nSPS) is 11.4. The van der Waals surface area contributed by atoms with Crippen LogP contribution in [0.15, 0.2) is 53.5 Å². The zero-order valence-corrected chi connectivity index (χ0v) is 18.2. The molecule has 26 heavy (non-hydrogen) atoms. The summed E-state index contributed by atoms with van der Waals surface area (Å²) in [4.78, 5) is 6.79. The molecule has 0 atom stereocenters. The number of nitrogens with one attached hydrogen (secondary N) is 1. The summed E-state index contributed by atoms with van der Waals surface area (Å²) in [7, 11) is 3.77. The molecule has 0 amide bonds. The van der Waals surface area contributed by atoms with Gasteiger partial charge in [0, 0.05) is 18.3 Å². The van der Waals surface area contributed by atoms with Gasteiger partial charge in [-0.2, -0.15) is 0 Å². The highest BCUT2D eigenvalue weighted by atomic mass is 127. The third-order valence-electron chi connectivity index (χ3n) is 4.20. The molecule has 6 heteroatoms. The fourth-order valence-corrected chi connectivity index (χ4v) is 2.35. The second-order valence-electron chi connectivity index (χ2n) is 6.33. The first-order valence-electron chi connectivity index (χ1n) is 8.47. The number of nitrogens with two attached hydrogens (primary N) is 1. The Morgan fingerprint density at radius 2 is 1.73 bits per heavy atom. The van der Waals surface area contributed by atoms with Crippen molar-refractivity contribution in [2.45, 2.75) is 33.0 Å². The fourth-order valence-electron chi connectivity index (χ4n) is 2.35. The molecular formula is C20H29IN4O. The molecule has 0 aromatic heterocycles. The quantitative estimate of drug-likeness (QED) is 0.365. The maximum atomic E-state index is 6.02. The summed E-state index contributed by atoms with van der Waals surface area (Å²) in [5.74, 6) is 1.21. The molecule has 5 nitrogen and oxygen atoms in total. The SMILES string of the molecule is COc1ccc(NC(N)=NCc2ccccc2CN(C)C(C)C)cc1.I. The smallest absolute Gasteiger partial charge is 0.193 e. The van der Waals surface area contributed by atoms with E-state index in [4.69, 9.17) is 10.5 Å². The zero-order valence-electron chi connectivity index (χ0n) is 15.9. The Morgan fingerprint density at radius 3 is 2.31 bits per heavy atom.